The molecule has 0 fully saturated rings. The standard InChI is InChI=1S/C41H77NO5/c1-3-5-7-9-11-13-15-17-18-19-20-21-22-23-25-26-28-30-32-34-38(44)40(46)37(36-43)42-41(47)39(45)35-33-31-29-27-24-16-14-12-10-8-6-4-2/h17-18,21-22,26,28,37-40,43-46H,3-16,19-20,23-25,27,29-36H2,1-2H3,(H,42,47)/b18-17+,22-21+,28-26+. The van der Waals surface area contributed by atoms with Crippen molar-refractivity contribution in [2.45, 2.75) is 212 Å². The zero-order chi connectivity index (χ0) is 34.6. The van der Waals surface area contributed by atoms with E-state index in [0.29, 0.717) is 19.3 Å². The maximum absolute atomic E-state index is 12.4. The van der Waals surface area contributed by atoms with Gasteiger partial charge in [-0.25, -0.2) is 0 Å². The van der Waals surface area contributed by atoms with Crippen molar-refractivity contribution in [2.75, 3.05) is 6.61 Å². The molecule has 0 aromatic heterocycles. The van der Waals surface area contributed by atoms with E-state index in [2.05, 4.69) is 55.6 Å². The number of amides is 1. The fourth-order valence-electron chi connectivity index (χ4n) is 5.85. The van der Waals surface area contributed by atoms with Gasteiger partial charge in [0, 0.05) is 0 Å². The molecule has 6 nitrogen and oxygen atoms in total. The van der Waals surface area contributed by atoms with Crippen LogP contribution in [0.5, 0.6) is 0 Å². The summed E-state index contributed by atoms with van der Waals surface area (Å²) < 4.78 is 0. The number of rotatable bonds is 35. The average molecular weight is 664 g/mol. The summed E-state index contributed by atoms with van der Waals surface area (Å²) in [4.78, 5) is 12.4. The van der Waals surface area contributed by atoms with Gasteiger partial charge in [-0.15, -0.1) is 0 Å². The van der Waals surface area contributed by atoms with Crippen LogP contribution in [0.2, 0.25) is 0 Å². The molecule has 0 aromatic carbocycles. The lowest BCUT2D eigenvalue weighted by Gasteiger charge is -2.27. The van der Waals surface area contributed by atoms with Gasteiger partial charge in [-0.3, -0.25) is 4.79 Å². The van der Waals surface area contributed by atoms with Crippen molar-refractivity contribution in [3.05, 3.63) is 36.5 Å². The number of carbonyl (C=O) groups is 1. The van der Waals surface area contributed by atoms with Crippen LogP contribution >= 0.6 is 0 Å². The Bertz CT molecular complexity index is 752. The zero-order valence-corrected chi connectivity index (χ0v) is 30.8. The van der Waals surface area contributed by atoms with Gasteiger partial charge in [0.1, 0.15) is 12.2 Å². The van der Waals surface area contributed by atoms with Crippen molar-refractivity contribution in [3.8, 4) is 0 Å². The van der Waals surface area contributed by atoms with Gasteiger partial charge < -0.3 is 25.7 Å². The molecule has 0 saturated carbocycles. The molecule has 0 aromatic rings. The largest absolute Gasteiger partial charge is 0.394 e. The van der Waals surface area contributed by atoms with E-state index in [1.165, 1.54) is 103 Å². The molecule has 0 aliphatic rings. The topological polar surface area (TPSA) is 110 Å². The Morgan fingerprint density at radius 1 is 0.511 bits per heavy atom. The highest BCUT2D eigenvalue weighted by Gasteiger charge is 2.28. The van der Waals surface area contributed by atoms with Gasteiger partial charge in [0.15, 0.2) is 0 Å². The van der Waals surface area contributed by atoms with Crippen molar-refractivity contribution in [2.24, 2.45) is 0 Å². The highest BCUT2D eigenvalue weighted by Crippen LogP contribution is 2.14. The predicted molar refractivity (Wildman–Crippen MR) is 200 cm³/mol. The van der Waals surface area contributed by atoms with Gasteiger partial charge in [0.25, 0.3) is 0 Å². The van der Waals surface area contributed by atoms with Crippen molar-refractivity contribution < 1.29 is 25.2 Å². The summed E-state index contributed by atoms with van der Waals surface area (Å²) in [5.74, 6) is -0.602. The van der Waals surface area contributed by atoms with Gasteiger partial charge in [-0.1, -0.05) is 159 Å². The van der Waals surface area contributed by atoms with Crippen LogP contribution in [0.15, 0.2) is 36.5 Å². The highest BCUT2D eigenvalue weighted by molar-refractivity contribution is 5.80. The summed E-state index contributed by atoms with van der Waals surface area (Å²) in [6.07, 6.45) is 40.2. The Morgan fingerprint density at radius 3 is 1.34 bits per heavy atom. The second-order valence-corrected chi connectivity index (χ2v) is 13.6. The van der Waals surface area contributed by atoms with E-state index < -0.39 is 36.9 Å². The maximum Gasteiger partial charge on any atom is 0.249 e. The van der Waals surface area contributed by atoms with Gasteiger partial charge >= 0.3 is 0 Å². The molecule has 1 amide bonds. The summed E-state index contributed by atoms with van der Waals surface area (Å²) in [6, 6.07) is -1.01. The molecule has 0 bridgehead atoms. The van der Waals surface area contributed by atoms with Gasteiger partial charge in [0.2, 0.25) is 5.91 Å². The summed E-state index contributed by atoms with van der Waals surface area (Å²) in [7, 11) is 0. The molecule has 5 N–H and O–H groups in total. The smallest absolute Gasteiger partial charge is 0.249 e. The SMILES string of the molecule is CCCCCCCC/C=C/CC/C=C/CC/C=C/CCCC(O)C(O)C(CO)NC(=O)C(O)CCCCCCCCCCCCCC. The normalized spacial score (nSPS) is 14.8. The van der Waals surface area contributed by atoms with Crippen LogP contribution in [-0.4, -0.2) is 57.3 Å². The Morgan fingerprint density at radius 2 is 0.894 bits per heavy atom. The number of nitrogens with one attached hydrogen (secondary N) is 1. The molecule has 4 atom stereocenters. The Kier molecular flexibility index (Phi) is 34.7. The Balaban J connectivity index is 3.88. The number of aliphatic hydroxyl groups is 4. The van der Waals surface area contributed by atoms with E-state index in [1.54, 1.807) is 0 Å². The molecule has 6 heteroatoms. The fraction of sp³-hybridized carbons (Fsp3) is 0.829. The van der Waals surface area contributed by atoms with Crippen LogP contribution < -0.4 is 5.32 Å². The van der Waals surface area contributed by atoms with Crippen molar-refractivity contribution in [1.82, 2.24) is 5.32 Å². The van der Waals surface area contributed by atoms with Gasteiger partial charge in [-0.05, 0) is 64.2 Å². The first-order valence-corrected chi connectivity index (χ1v) is 19.9. The number of carbonyl (C=O) groups excluding carboxylic acids is 1. The minimum atomic E-state index is -1.29. The summed E-state index contributed by atoms with van der Waals surface area (Å²) in [5.41, 5.74) is 0. The number of hydrogen-bond donors (Lipinski definition) is 5. The lowest BCUT2D eigenvalue weighted by molar-refractivity contribution is -0.132. The monoisotopic (exact) mass is 664 g/mol. The number of aliphatic hydroxyl groups excluding tert-OH is 4. The number of hydrogen-bond acceptors (Lipinski definition) is 5. The minimum absolute atomic E-state index is 0.360. The van der Waals surface area contributed by atoms with E-state index >= 15 is 0 Å². The van der Waals surface area contributed by atoms with Crippen LogP contribution in [0.4, 0.5) is 0 Å². The highest BCUT2D eigenvalue weighted by atomic mass is 16.3. The van der Waals surface area contributed by atoms with Crippen LogP contribution in [0.1, 0.15) is 187 Å². The van der Waals surface area contributed by atoms with E-state index in [-0.39, 0.29) is 0 Å². The molecule has 0 spiro atoms. The molecule has 0 aliphatic heterocycles. The molecular weight excluding hydrogens is 586 g/mol. The van der Waals surface area contributed by atoms with Crippen LogP contribution in [0, 0.1) is 0 Å². The van der Waals surface area contributed by atoms with Crippen molar-refractivity contribution in [1.29, 1.82) is 0 Å². The fourth-order valence-corrected chi connectivity index (χ4v) is 5.85. The van der Waals surface area contributed by atoms with E-state index in [4.69, 9.17) is 0 Å². The molecule has 4 unspecified atom stereocenters. The van der Waals surface area contributed by atoms with Crippen LogP contribution in [-0.2, 0) is 4.79 Å². The van der Waals surface area contributed by atoms with E-state index in [1.807, 2.05) is 0 Å². The van der Waals surface area contributed by atoms with E-state index in [0.717, 1.165) is 51.4 Å². The van der Waals surface area contributed by atoms with Gasteiger partial charge in [-0.2, -0.15) is 0 Å². The first kappa shape index (κ1) is 45.5. The molecule has 276 valence electrons. The van der Waals surface area contributed by atoms with E-state index in [9.17, 15) is 25.2 Å². The summed E-state index contributed by atoms with van der Waals surface area (Å²) in [5, 5.41) is 43.5. The number of unbranched alkanes of at least 4 members (excludes halogenated alkanes) is 20. The lowest BCUT2D eigenvalue weighted by Crippen LogP contribution is -2.53. The molecular formula is C41H77NO5. The molecule has 0 aliphatic carbocycles. The second kappa shape index (κ2) is 35.8. The third-order valence-corrected chi connectivity index (χ3v) is 9.06. The second-order valence-electron chi connectivity index (χ2n) is 13.6. The first-order valence-electron chi connectivity index (χ1n) is 19.9. The Labute approximate surface area is 290 Å². The Hall–Kier alpha value is -1.47. The summed E-state index contributed by atoms with van der Waals surface area (Å²) >= 11 is 0. The minimum Gasteiger partial charge on any atom is -0.394 e. The molecule has 0 saturated heterocycles. The van der Waals surface area contributed by atoms with Crippen LogP contribution in [0.3, 0.4) is 0 Å². The lowest BCUT2D eigenvalue weighted by atomic mass is 10.00. The number of allylic oxidation sites excluding steroid dienone is 6. The quantitative estimate of drug-likeness (QED) is 0.0343. The van der Waals surface area contributed by atoms with Gasteiger partial charge in [0.05, 0.1) is 18.8 Å². The molecule has 0 rings (SSSR count). The summed E-state index contributed by atoms with van der Waals surface area (Å²) in [6.45, 7) is 4.00. The molecule has 0 radical (unpaired) electrons. The third-order valence-electron chi connectivity index (χ3n) is 9.06. The molecule has 0 heterocycles. The third kappa shape index (κ3) is 30.3. The average Bonchev–Trinajstić information content (AvgIpc) is 3.07. The predicted octanol–water partition coefficient (Wildman–Crippen LogP) is 9.79. The van der Waals surface area contributed by atoms with Crippen molar-refractivity contribution >= 4 is 5.91 Å². The molecule has 47 heavy (non-hydrogen) atoms. The van der Waals surface area contributed by atoms with Crippen molar-refractivity contribution in [3.63, 3.8) is 0 Å². The zero-order valence-electron chi connectivity index (χ0n) is 30.8. The van der Waals surface area contributed by atoms with Crippen LogP contribution in [0.25, 0.3) is 0 Å². The first-order chi connectivity index (χ1) is 23.0. The maximum atomic E-state index is 12.4.